The summed E-state index contributed by atoms with van der Waals surface area (Å²) in [5.74, 6) is 0.0546. The van der Waals surface area contributed by atoms with Gasteiger partial charge < -0.3 is 14.6 Å². The van der Waals surface area contributed by atoms with Crippen LogP contribution in [0.1, 0.15) is 23.2 Å². The van der Waals surface area contributed by atoms with Gasteiger partial charge in [-0.15, -0.1) is 0 Å². The van der Waals surface area contributed by atoms with Crippen LogP contribution >= 0.6 is 0 Å². The summed E-state index contributed by atoms with van der Waals surface area (Å²) < 4.78 is 11.5. The lowest BCUT2D eigenvalue weighted by Gasteiger charge is -2.06. The molecule has 100 valence electrons. The van der Waals surface area contributed by atoms with Gasteiger partial charge in [-0.1, -0.05) is 0 Å². The van der Waals surface area contributed by atoms with Crippen LogP contribution in [0.4, 0.5) is 0 Å². The van der Waals surface area contributed by atoms with Gasteiger partial charge in [0, 0.05) is 24.4 Å². The average molecular weight is 262 g/mol. The average Bonchev–Trinajstić information content (AvgIpc) is 3.02. The van der Waals surface area contributed by atoms with Crippen LogP contribution in [0.2, 0.25) is 0 Å². The molecule has 1 N–H and O–H groups in total. The minimum Gasteiger partial charge on any atom is -0.494 e. The number of rotatable bonds is 3. The summed E-state index contributed by atoms with van der Waals surface area (Å²) in [5.41, 5.74) is 0.139. The fourth-order valence-corrected chi connectivity index (χ4v) is 2.05. The molecular formula is C13H14N2O4. The Morgan fingerprint density at radius 1 is 1.42 bits per heavy atom. The van der Waals surface area contributed by atoms with E-state index in [2.05, 4.69) is 5.10 Å². The number of hydrogen-bond acceptors (Lipinski definition) is 5. The molecule has 0 bridgehead atoms. The predicted octanol–water partition coefficient (Wildman–Crippen LogP) is 1.27. The van der Waals surface area contributed by atoms with Gasteiger partial charge in [0.25, 0.3) is 0 Å². The minimum atomic E-state index is -0.880. The van der Waals surface area contributed by atoms with Crippen LogP contribution in [0.3, 0.4) is 0 Å². The second-order valence-electron chi connectivity index (χ2n) is 4.66. The molecule has 0 radical (unpaired) electrons. The van der Waals surface area contributed by atoms with Crippen molar-refractivity contribution in [2.75, 3.05) is 14.2 Å². The van der Waals surface area contributed by atoms with Gasteiger partial charge in [-0.2, -0.15) is 5.10 Å². The zero-order chi connectivity index (χ0) is 13.6. The van der Waals surface area contributed by atoms with Crippen molar-refractivity contribution < 1.29 is 19.4 Å². The van der Waals surface area contributed by atoms with Crippen LogP contribution in [-0.4, -0.2) is 35.1 Å². The Hall–Kier alpha value is -2.08. The van der Waals surface area contributed by atoms with Gasteiger partial charge in [0.2, 0.25) is 0 Å². The Labute approximate surface area is 109 Å². The Morgan fingerprint density at radius 3 is 2.74 bits per heavy atom. The van der Waals surface area contributed by atoms with E-state index in [0.29, 0.717) is 29.7 Å². The summed E-state index contributed by atoms with van der Waals surface area (Å²) in [6.07, 6.45) is 3.09. The van der Waals surface area contributed by atoms with Crippen molar-refractivity contribution in [3.8, 4) is 5.75 Å². The molecule has 19 heavy (non-hydrogen) atoms. The first-order chi connectivity index (χ1) is 9.07. The number of benzene rings is 1. The molecule has 2 aromatic rings. The SMILES string of the molecule is COC(=O)c1cc(OC)c2nn(C3(O)CC3)cc2c1. The van der Waals surface area contributed by atoms with Gasteiger partial charge in [-0.3, -0.25) is 0 Å². The zero-order valence-corrected chi connectivity index (χ0v) is 10.7. The number of methoxy groups -OCH3 is 2. The van der Waals surface area contributed by atoms with Crippen molar-refractivity contribution >= 4 is 16.9 Å². The monoisotopic (exact) mass is 262 g/mol. The van der Waals surface area contributed by atoms with Gasteiger partial charge in [0.1, 0.15) is 11.3 Å². The van der Waals surface area contributed by atoms with E-state index in [9.17, 15) is 9.90 Å². The molecule has 1 fully saturated rings. The fraction of sp³-hybridized carbons (Fsp3) is 0.385. The molecule has 1 saturated carbocycles. The second kappa shape index (κ2) is 3.96. The molecule has 1 aromatic heterocycles. The van der Waals surface area contributed by atoms with Crippen molar-refractivity contribution in [2.24, 2.45) is 0 Å². The van der Waals surface area contributed by atoms with E-state index in [-0.39, 0.29) is 0 Å². The maximum absolute atomic E-state index is 11.6. The number of carbonyl (C=O) groups excluding carboxylic acids is 1. The molecule has 0 atom stereocenters. The van der Waals surface area contributed by atoms with Crippen LogP contribution in [0.15, 0.2) is 18.3 Å². The molecular weight excluding hydrogens is 248 g/mol. The fourth-order valence-electron chi connectivity index (χ4n) is 2.05. The zero-order valence-electron chi connectivity index (χ0n) is 10.7. The number of fused-ring (bicyclic) bond motifs is 1. The molecule has 6 heteroatoms. The molecule has 1 aliphatic carbocycles. The largest absolute Gasteiger partial charge is 0.494 e. The van der Waals surface area contributed by atoms with E-state index in [0.717, 1.165) is 5.39 Å². The van der Waals surface area contributed by atoms with Crippen LogP contribution in [0, 0.1) is 0 Å². The highest BCUT2D eigenvalue weighted by Crippen LogP contribution is 2.41. The first kappa shape index (κ1) is 12.0. The van der Waals surface area contributed by atoms with Crippen molar-refractivity contribution in [3.63, 3.8) is 0 Å². The van der Waals surface area contributed by atoms with Gasteiger partial charge in [0.15, 0.2) is 5.72 Å². The van der Waals surface area contributed by atoms with Crippen molar-refractivity contribution in [2.45, 2.75) is 18.6 Å². The van der Waals surface area contributed by atoms with Gasteiger partial charge in [-0.05, 0) is 12.1 Å². The number of ether oxygens (including phenoxy) is 2. The number of carbonyl (C=O) groups is 1. The standard InChI is InChI=1S/C13H14N2O4/c1-18-10-6-8(12(16)19-2)5-9-7-15(14-11(9)10)13(17)3-4-13/h5-7,17H,3-4H2,1-2H3. The second-order valence-corrected chi connectivity index (χ2v) is 4.66. The summed E-state index contributed by atoms with van der Waals surface area (Å²) in [7, 11) is 2.84. The Morgan fingerprint density at radius 2 is 2.16 bits per heavy atom. The molecule has 0 unspecified atom stereocenters. The van der Waals surface area contributed by atoms with Crippen LogP contribution in [0.25, 0.3) is 10.9 Å². The van der Waals surface area contributed by atoms with Crippen molar-refractivity contribution in [1.29, 1.82) is 0 Å². The minimum absolute atomic E-state index is 0.397. The van der Waals surface area contributed by atoms with Crippen LogP contribution in [-0.2, 0) is 10.5 Å². The molecule has 3 rings (SSSR count). The Kier molecular flexibility index (Phi) is 2.50. The van der Waals surface area contributed by atoms with Gasteiger partial charge >= 0.3 is 5.97 Å². The molecule has 0 saturated heterocycles. The van der Waals surface area contributed by atoms with Gasteiger partial charge in [-0.25, -0.2) is 9.48 Å². The molecule has 0 aliphatic heterocycles. The van der Waals surface area contributed by atoms with Crippen LogP contribution in [0.5, 0.6) is 5.75 Å². The van der Waals surface area contributed by atoms with E-state index in [1.807, 2.05) is 0 Å². The lowest BCUT2D eigenvalue weighted by atomic mass is 10.1. The molecule has 6 nitrogen and oxygen atoms in total. The summed E-state index contributed by atoms with van der Waals surface area (Å²) in [5, 5.41) is 15.1. The highest BCUT2D eigenvalue weighted by atomic mass is 16.5. The van der Waals surface area contributed by atoms with E-state index >= 15 is 0 Å². The number of aliphatic hydroxyl groups is 1. The lowest BCUT2D eigenvalue weighted by molar-refractivity contribution is 0.0598. The van der Waals surface area contributed by atoms with Crippen molar-refractivity contribution in [3.05, 3.63) is 23.9 Å². The quantitative estimate of drug-likeness (QED) is 0.843. The highest BCUT2D eigenvalue weighted by Gasteiger charge is 2.43. The first-order valence-corrected chi connectivity index (χ1v) is 5.96. The third-order valence-electron chi connectivity index (χ3n) is 3.34. The third kappa shape index (κ3) is 1.84. The molecule has 1 aliphatic rings. The summed E-state index contributed by atoms with van der Waals surface area (Å²) in [6, 6.07) is 3.27. The lowest BCUT2D eigenvalue weighted by Crippen LogP contribution is -2.15. The smallest absolute Gasteiger partial charge is 0.338 e. The number of esters is 1. The van der Waals surface area contributed by atoms with E-state index < -0.39 is 11.7 Å². The maximum atomic E-state index is 11.6. The number of aromatic nitrogens is 2. The summed E-state index contributed by atoms with van der Waals surface area (Å²) in [4.78, 5) is 11.6. The Bertz CT molecular complexity index is 658. The van der Waals surface area contributed by atoms with E-state index in [1.165, 1.54) is 18.9 Å². The topological polar surface area (TPSA) is 73.6 Å². The summed E-state index contributed by atoms with van der Waals surface area (Å²) >= 11 is 0. The number of hydrogen-bond donors (Lipinski definition) is 1. The number of nitrogens with zero attached hydrogens (tertiary/aromatic N) is 2. The maximum Gasteiger partial charge on any atom is 0.338 e. The molecule has 0 spiro atoms. The predicted molar refractivity (Wildman–Crippen MR) is 67.1 cm³/mol. The van der Waals surface area contributed by atoms with E-state index in [1.54, 1.807) is 18.3 Å². The summed E-state index contributed by atoms with van der Waals surface area (Å²) in [6.45, 7) is 0. The third-order valence-corrected chi connectivity index (χ3v) is 3.34. The van der Waals surface area contributed by atoms with Crippen LogP contribution < -0.4 is 4.74 Å². The Balaban J connectivity index is 2.17. The molecule has 1 heterocycles. The molecule has 0 amide bonds. The van der Waals surface area contributed by atoms with Crippen molar-refractivity contribution in [1.82, 2.24) is 9.78 Å². The molecule has 1 aromatic carbocycles. The normalized spacial score (nSPS) is 16.4. The first-order valence-electron chi connectivity index (χ1n) is 5.96. The van der Waals surface area contributed by atoms with Gasteiger partial charge in [0.05, 0.1) is 19.8 Å². The highest BCUT2D eigenvalue weighted by molar-refractivity contribution is 5.96. The van der Waals surface area contributed by atoms with E-state index in [4.69, 9.17) is 9.47 Å².